The maximum Gasteiger partial charge on any atom is 0.101 e. The lowest BCUT2D eigenvalue weighted by Crippen LogP contribution is -2.45. The zero-order valence-corrected chi connectivity index (χ0v) is 10.3. The predicted molar refractivity (Wildman–Crippen MR) is 63.3 cm³/mol. The molecule has 0 saturated carbocycles. The van der Waals surface area contributed by atoms with Crippen molar-refractivity contribution in [1.82, 2.24) is 20.8 Å². The number of ether oxygens (including phenoxy) is 2. The minimum atomic E-state index is -0.109. The first-order valence-corrected chi connectivity index (χ1v) is 6.36. The summed E-state index contributed by atoms with van der Waals surface area (Å²) >= 11 is 0. The summed E-state index contributed by atoms with van der Waals surface area (Å²) in [4.78, 5) is 0. The number of nitrogens with zero attached hydrogens (tertiary/aromatic N) is 2. The Balaban J connectivity index is 1.74. The van der Waals surface area contributed by atoms with E-state index in [1.807, 2.05) is 0 Å². The normalized spacial score (nSPS) is 33.9. The molecule has 3 rings (SSSR count). The lowest BCUT2D eigenvalue weighted by molar-refractivity contribution is -0.103. The molecule has 3 heterocycles. The van der Waals surface area contributed by atoms with Gasteiger partial charge in [-0.1, -0.05) is 0 Å². The van der Waals surface area contributed by atoms with Gasteiger partial charge in [0.15, 0.2) is 0 Å². The van der Waals surface area contributed by atoms with Crippen LogP contribution in [0.25, 0.3) is 0 Å². The van der Waals surface area contributed by atoms with Crippen molar-refractivity contribution in [3.8, 4) is 0 Å². The van der Waals surface area contributed by atoms with Gasteiger partial charge in [-0.2, -0.15) is 15.4 Å². The zero-order chi connectivity index (χ0) is 12.4. The molecule has 0 aromatic carbocycles. The largest absolute Gasteiger partial charge is 0.378 e. The predicted octanol–water partition coefficient (Wildman–Crippen LogP) is -0.105. The molecule has 1 spiro atoms. The Bertz CT molecular complexity index is 377. The van der Waals surface area contributed by atoms with E-state index in [1.165, 1.54) is 0 Å². The number of hydrogen-bond acceptors (Lipinski definition) is 6. The van der Waals surface area contributed by atoms with Gasteiger partial charge >= 0.3 is 0 Å². The molecule has 0 aliphatic carbocycles. The molecule has 2 fully saturated rings. The molecule has 2 saturated heterocycles. The molecule has 2 aliphatic heterocycles. The summed E-state index contributed by atoms with van der Waals surface area (Å²) in [6.45, 7) is 2.24. The minimum Gasteiger partial charge on any atom is -0.378 e. The summed E-state index contributed by atoms with van der Waals surface area (Å²) in [5.41, 5.74) is 3.61. The molecule has 0 bridgehead atoms. The Morgan fingerprint density at radius 2 is 2.50 bits per heavy atom. The van der Waals surface area contributed by atoms with Crippen LogP contribution in [0.1, 0.15) is 31.0 Å². The van der Waals surface area contributed by atoms with Gasteiger partial charge in [-0.3, -0.25) is 11.3 Å². The first-order valence-electron chi connectivity index (χ1n) is 6.36. The highest BCUT2D eigenvalue weighted by molar-refractivity contribution is 5.04. The fraction of sp³-hybridized carbons (Fsp3) is 0.818. The van der Waals surface area contributed by atoms with Crippen LogP contribution in [-0.2, 0) is 9.47 Å². The standard InChI is InChI=1S/C11H19N5O2/c12-14-10(9-6-13-16-15-9)8-1-3-18-11(5-8)2-4-17-7-11/h6,8,10,14H,1-5,7,12H2,(H,13,15,16). The smallest absolute Gasteiger partial charge is 0.101 e. The van der Waals surface area contributed by atoms with Crippen LogP contribution in [0.3, 0.4) is 0 Å². The van der Waals surface area contributed by atoms with Crippen molar-refractivity contribution < 1.29 is 9.47 Å². The maximum absolute atomic E-state index is 5.93. The number of nitrogens with one attached hydrogen (secondary N) is 2. The molecular formula is C11H19N5O2. The van der Waals surface area contributed by atoms with E-state index in [9.17, 15) is 0 Å². The average Bonchev–Trinajstić information content (AvgIpc) is 3.03. The SMILES string of the molecule is NNC(c1cn[nH]n1)C1CCOC2(CCOC2)C1. The first-order chi connectivity index (χ1) is 8.83. The third-order valence-electron chi connectivity index (χ3n) is 4.00. The zero-order valence-electron chi connectivity index (χ0n) is 10.3. The van der Waals surface area contributed by atoms with Gasteiger partial charge in [0.1, 0.15) is 5.69 Å². The van der Waals surface area contributed by atoms with Gasteiger partial charge in [-0.15, -0.1) is 0 Å². The number of H-pyrrole nitrogens is 1. The number of aromatic nitrogens is 3. The molecule has 1 aromatic heterocycles. The summed E-state index contributed by atoms with van der Waals surface area (Å²) < 4.78 is 11.4. The molecule has 7 heteroatoms. The molecule has 2 aliphatic rings. The van der Waals surface area contributed by atoms with Crippen molar-refractivity contribution in [2.75, 3.05) is 19.8 Å². The van der Waals surface area contributed by atoms with E-state index in [0.717, 1.165) is 38.2 Å². The van der Waals surface area contributed by atoms with E-state index in [1.54, 1.807) is 6.20 Å². The monoisotopic (exact) mass is 253 g/mol. The van der Waals surface area contributed by atoms with Gasteiger partial charge in [0.05, 0.1) is 24.4 Å². The number of nitrogens with two attached hydrogens (primary N) is 1. The van der Waals surface area contributed by atoms with Crippen molar-refractivity contribution in [2.24, 2.45) is 11.8 Å². The second kappa shape index (κ2) is 4.93. The highest BCUT2D eigenvalue weighted by Crippen LogP contribution is 2.40. The second-order valence-electron chi connectivity index (χ2n) is 5.13. The van der Waals surface area contributed by atoms with Crippen molar-refractivity contribution in [3.05, 3.63) is 11.9 Å². The number of aromatic amines is 1. The van der Waals surface area contributed by atoms with E-state index in [2.05, 4.69) is 20.8 Å². The van der Waals surface area contributed by atoms with Crippen molar-refractivity contribution in [1.29, 1.82) is 0 Å². The van der Waals surface area contributed by atoms with Crippen LogP contribution < -0.4 is 11.3 Å². The topological polar surface area (TPSA) is 98.1 Å². The van der Waals surface area contributed by atoms with E-state index < -0.39 is 0 Å². The molecule has 1 aromatic rings. The molecule has 0 radical (unpaired) electrons. The molecule has 3 unspecified atom stereocenters. The van der Waals surface area contributed by atoms with E-state index in [-0.39, 0.29) is 11.6 Å². The Labute approximate surface area is 105 Å². The fourth-order valence-corrected chi connectivity index (χ4v) is 3.04. The van der Waals surface area contributed by atoms with E-state index in [0.29, 0.717) is 12.5 Å². The van der Waals surface area contributed by atoms with Crippen LogP contribution in [0.5, 0.6) is 0 Å². The van der Waals surface area contributed by atoms with Gasteiger partial charge in [0, 0.05) is 19.6 Å². The average molecular weight is 253 g/mol. The van der Waals surface area contributed by atoms with Crippen LogP contribution in [0.2, 0.25) is 0 Å². The Morgan fingerprint density at radius 1 is 1.56 bits per heavy atom. The second-order valence-corrected chi connectivity index (χ2v) is 5.13. The Kier molecular flexibility index (Phi) is 3.29. The first kappa shape index (κ1) is 12.0. The Hall–Kier alpha value is -1.02. The van der Waals surface area contributed by atoms with E-state index in [4.69, 9.17) is 15.3 Å². The summed E-state index contributed by atoms with van der Waals surface area (Å²) in [6.07, 6.45) is 4.62. The molecule has 4 N–H and O–H groups in total. The van der Waals surface area contributed by atoms with Gasteiger partial charge in [0.2, 0.25) is 0 Å². The highest BCUT2D eigenvalue weighted by atomic mass is 16.6. The van der Waals surface area contributed by atoms with Crippen molar-refractivity contribution in [3.63, 3.8) is 0 Å². The van der Waals surface area contributed by atoms with Crippen LogP contribution in [-0.4, -0.2) is 40.8 Å². The third kappa shape index (κ3) is 2.14. The van der Waals surface area contributed by atoms with Crippen molar-refractivity contribution in [2.45, 2.75) is 30.9 Å². The molecule has 3 atom stereocenters. The van der Waals surface area contributed by atoms with Gasteiger partial charge in [0.25, 0.3) is 0 Å². The minimum absolute atomic E-state index is 0.0186. The summed E-state index contributed by atoms with van der Waals surface area (Å²) in [5.74, 6) is 6.08. The molecule has 100 valence electrons. The Morgan fingerprint density at radius 3 is 3.17 bits per heavy atom. The van der Waals surface area contributed by atoms with Gasteiger partial charge in [-0.25, -0.2) is 0 Å². The van der Waals surface area contributed by atoms with Crippen LogP contribution in [0.15, 0.2) is 6.20 Å². The van der Waals surface area contributed by atoms with Gasteiger partial charge < -0.3 is 9.47 Å². The number of rotatable bonds is 3. The highest BCUT2D eigenvalue weighted by Gasteiger charge is 2.43. The van der Waals surface area contributed by atoms with Crippen LogP contribution in [0.4, 0.5) is 0 Å². The summed E-state index contributed by atoms with van der Waals surface area (Å²) in [7, 11) is 0. The molecule has 18 heavy (non-hydrogen) atoms. The maximum atomic E-state index is 5.93. The molecular weight excluding hydrogens is 234 g/mol. The fourth-order valence-electron chi connectivity index (χ4n) is 3.04. The van der Waals surface area contributed by atoms with Crippen molar-refractivity contribution >= 4 is 0 Å². The quantitative estimate of drug-likeness (QED) is 0.514. The molecule has 7 nitrogen and oxygen atoms in total. The summed E-state index contributed by atoms with van der Waals surface area (Å²) in [6, 6.07) is 0.0186. The van der Waals surface area contributed by atoms with E-state index >= 15 is 0 Å². The van der Waals surface area contributed by atoms with Crippen LogP contribution in [0, 0.1) is 5.92 Å². The number of hydrogen-bond donors (Lipinski definition) is 3. The lowest BCUT2D eigenvalue weighted by Gasteiger charge is -2.39. The number of hydrazine groups is 1. The lowest BCUT2D eigenvalue weighted by atomic mass is 9.80. The third-order valence-corrected chi connectivity index (χ3v) is 4.00. The summed E-state index contributed by atoms with van der Waals surface area (Å²) in [5, 5.41) is 10.6. The van der Waals surface area contributed by atoms with Crippen LogP contribution >= 0.6 is 0 Å². The van der Waals surface area contributed by atoms with Gasteiger partial charge in [-0.05, 0) is 18.8 Å². The molecule has 0 amide bonds.